The van der Waals surface area contributed by atoms with Gasteiger partial charge in [0, 0.05) is 5.56 Å². The fourth-order valence-corrected chi connectivity index (χ4v) is 2.47. The Morgan fingerprint density at radius 3 is 1.65 bits per heavy atom. The van der Waals surface area contributed by atoms with E-state index in [2.05, 4.69) is 0 Å². The first-order valence-corrected chi connectivity index (χ1v) is 6.24. The van der Waals surface area contributed by atoms with Gasteiger partial charge in [-0.15, -0.1) is 0 Å². The molecule has 0 aliphatic rings. The molecule has 0 amide bonds. The van der Waals surface area contributed by atoms with E-state index >= 15 is 0 Å². The van der Waals surface area contributed by atoms with E-state index in [1.807, 2.05) is 0 Å². The standard InChI is InChI=1S/C15H10F6O2/c16-14(17,18)13(15(19,20)21,9-5-2-1-3-6-9)10-7-4-8-11(22)12(10)23/h1-8,22-23H. The quantitative estimate of drug-likeness (QED) is 0.626. The number of alkyl halides is 6. The normalized spacial score (nSPS) is 13.1. The van der Waals surface area contributed by atoms with Crippen molar-refractivity contribution in [1.82, 2.24) is 0 Å². The maximum Gasteiger partial charge on any atom is 0.411 e. The summed E-state index contributed by atoms with van der Waals surface area (Å²) in [4.78, 5) is 0. The van der Waals surface area contributed by atoms with Crippen LogP contribution >= 0.6 is 0 Å². The average Bonchev–Trinajstić information content (AvgIpc) is 2.42. The molecule has 8 heteroatoms. The van der Waals surface area contributed by atoms with Crippen LogP contribution in [0.4, 0.5) is 26.3 Å². The molecule has 0 aromatic heterocycles. The highest BCUT2D eigenvalue weighted by atomic mass is 19.4. The summed E-state index contributed by atoms with van der Waals surface area (Å²) in [5.41, 5.74) is -7.06. The average molecular weight is 336 g/mol. The van der Waals surface area contributed by atoms with Crippen molar-refractivity contribution in [1.29, 1.82) is 0 Å². The van der Waals surface area contributed by atoms with E-state index in [1.54, 1.807) is 0 Å². The van der Waals surface area contributed by atoms with Crippen LogP contribution in [0.15, 0.2) is 48.5 Å². The Kier molecular flexibility index (Phi) is 3.96. The fourth-order valence-electron chi connectivity index (χ4n) is 2.47. The van der Waals surface area contributed by atoms with Gasteiger partial charge in [0.25, 0.3) is 0 Å². The maximum absolute atomic E-state index is 13.6. The minimum Gasteiger partial charge on any atom is -0.504 e. The monoisotopic (exact) mass is 336 g/mol. The first kappa shape index (κ1) is 17.0. The molecule has 0 bridgehead atoms. The van der Waals surface area contributed by atoms with E-state index in [0.717, 1.165) is 24.3 Å². The zero-order valence-electron chi connectivity index (χ0n) is 11.3. The Bertz CT molecular complexity index is 677. The van der Waals surface area contributed by atoms with Crippen molar-refractivity contribution in [3.63, 3.8) is 0 Å². The van der Waals surface area contributed by atoms with Gasteiger partial charge in [-0.05, 0) is 11.6 Å². The fraction of sp³-hybridized carbons (Fsp3) is 0.200. The summed E-state index contributed by atoms with van der Waals surface area (Å²) in [5, 5.41) is 19.0. The summed E-state index contributed by atoms with van der Waals surface area (Å²) in [6.45, 7) is 0. The SMILES string of the molecule is Oc1cccc(C(c2ccccc2)(C(F)(F)F)C(F)(F)F)c1O. The van der Waals surface area contributed by atoms with Crippen LogP contribution in [0, 0.1) is 0 Å². The smallest absolute Gasteiger partial charge is 0.411 e. The van der Waals surface area contributed by atoms with E-state index in [1.165, 1.54) is 6.07 Å². The van der Waals surface area contributed by atoms with Crippen molar-refractivity contribution in [2.24, 2.45) is 0 Å². The topological polar surface area (TPSA) is 40.5 Å². The number of para-hydroxylation sites is 1. The molecule has 0 heterocycles. The van der Waals surface area contributed by atoms with Crippen LogP contribution in [-0.4, -0.2) is 22.6 Å². The molecular formula is C15H10F6O2. The van der Waals surface area contributed by atoms with E-state index < -0.39 is 40.4 Å². The molecule has 0 spiro atoms. The van der Waals surface area contributed by atoms with Crippen molar-refractivity contribution in [3.8, 4) is 11.5 Å². The molecule has 0 radical (unpaired) electrons. The number of aromatic hydroxyl groups is 2. The third-order valence-corrected chi connectivity index (χ3v) is 3.48. The number of benzene rings is 2. The van der Waals surface area contributed by atoms with Crippen LogP contribution in [0.3, 0.4) is 0 Å². The van der Waals surface area contributed by atoms with Gasteiger partial charge in [0.15, 0.2) is 11.5 Å². The van der Waals surface area contributed by atoms with Gasteiger partial charge in [-0.25, -0.2) is 0 Å². The number of hydrogen-bond donors (Lipinski definition) is 2. The second-order valence-electron chi connectivity index (χ2n) is 4.78. The Labute approximate surface area is 126 Å². The zero-order valence-corrected chi connectivity index (χ0v) is 11.3. The molecule has 124 valence electrons. The number of hydrogen-bond acceptors (Lipinski definition) is 2. The van der Waals surface area contributed by atoms with Gasteiger partial charge in [0.1, 0.15) is 0 Å². The third kappa shape index (κ3) is 2.47. The summed E-state index contributed by atoms with van der Waals surface area (Å²) in [7, 11) is 0. The Morgan fingerprint density at radius 1 is 0.652 bits per heavy atom. The van der Waals surface area contributed by atoms with Gasteiger partial charge < -0.3 is 10.2 Å². The lowest BCUT2D eigenvalue weighted by atomic mass is 9.72. The van der Waals surface area contributed by atoms with E-state index in [0.29, 0.717) is 18.2 Å². The van der Waals surface area contributed by atoms with Crippen molar-refractivity contribution in [2.75, 3.05) is 0 Å². The van der Waals surface area contributed by atoms with E-state index in [-0.39, 0.29) is 0 Å². The molecule has 0 fully saturated rings. The van der Waals surface area contributed by atoms with Crippen molar-refractivity contribution >= 4 is 0 Å². The van der Waals surface area contributed by atoms with E-state index in [4.69, 9.17) is 0 Å². The molecule has 2 nitrogen and oxygen atoms in total. The molecule has 0 saturated carbocycles. The number of halogens is 6. The summed E-state index contributed by atoms with van der Waals surface area (Å²) in [6, 6.07) is 6.75. The van der Waals surface area contributed by atoms with Crippen LogP contribution in [0.1, 0.15) is 11.1 Å². The van der Waals surface area contributed by atoms with Gasteiger partial charge in [-0.2, -0.15) is 26.3 Å². The number of rotatable bonds is 2. The maximum atomic E-state index is 13.6. The zero-order chi connectivity index (χ0) is 17.5. The summed E-state index contributed by atoms with van der Waals surface area (Å²) in [6.07, 6.45) is -11.6. The minimum absolute atomic E-state index is 0.489. The molecule has 2 aromatic carbocycles. The first-order valence-electron chi connectivity index (χ1n) is 6.24. The largest absolute Gasteiger partial charge is 0.504 e. The molecule has 2 N–H and O–H groups in total. The van der Waals surface area contributed by atoms with Gasteiger partial charge in [-0.3, -0.25) is 0 Å². The molecule has 0 atom stereocenters. The summed E-state index contributed by atoms with van der Waals surface area (Å²) < 4.78 is 81.8. The molecular weight excluding hydrogens is 326 g/mol. The Balaban J connectivity index is 2.98. The van der Waals surface area contributed by atoms with Crippen molar-refractivity contribution < 1.29 is 36.6 Å². The highest BCUT2D eigenvalue weighted by Gasteiger charge is 2.73. The molecule has 0 saturated heterocycles. The minimum atomic E-state index is -5.81. The molecule has 2 rings (SSSR count). The molecule has 0 aliphatic heterocycles. The number of phenols is 2. The lowest BCUT2D eigenvalue weighted by Crippen LogP contribution is -2.54. The van der Waals surface area contributed by atoms with Gasteiger partial charge in [0.05, 0.1) is 0 Å². The molecule has 0 aliphatic carbocycles. The van der Waals surface area contributed by atoms with Gasteiger partial charge in [-0.1, -0.05) is 42.5 Å². The van der Waals surface area contributed by atoms with Crippen LogP contribution in [0.2, 0.25) is 0 Å². The van der Waals surface area contributed by atoms with Crippen LogP contribution in [-0.2, 0) is 5.41 Å². The molecule has 2 aromatic rings. The van der Waals surface area contributed by atoms with Crippen molar-refractivity contribution in [2.45, 2.75) is 17.8 Å². The second-order valence-corrected chi connectivity index (χ2v) is 4.78. The Hall–Kier alpha value is -2.38. The molecule has 23 heavy (non-hydrogen) atoms. The lowest BCUT2D eigenvalue weighted by molar-refractivity contribution is -0.289. The number of phenolic OH excluding ortho intramolecular Hbond substituents is 2. The van der Waals surface area contributed by atoms with E-state index in [9.17, 15) is 36.6 Å². The van der Waals surface area contributed by atoms with Crippen LogP contribution < -0.4 is 0 Å². The lowest BCUT2D eigenvalue weighted by Gasteiger charge is -2.38. The molecule has 0 unspecified atom stereocenters. The Morgan fingerprint density at radius 2 is 1.17 bits per heavy atom. The third-order valence-electron chi connectivity index (χ3n) is 3.48. The second kappa shape index (κ2) is 5.36. The highest BCUT2D eigenvalue weighted by Crippen LogP contribution is 2.58. The predicted molar refractivity (Wildman–Crippen MR) is 69.1 cm³/mol. The highest BCUT2D eigenvalue weighted by molar-refractivity contribution is 5.55. The van der Waals surface area contributed by atoms with Crippen LogP contribution in [0.5, 0.6) is 11.5 Å². The van der Waals surface area contributed by atoms with Crippen LogP contribution in [0.25, 0.3) is 0 Å². The first-order chi connectivity index (χ1) is 10.5. The van der Waals surface area contributed by atoms with Crippen molar-refractivity contribution in [3.05, 3.63) is 59.7 Å². The predicted octanol–water partition coefficient (Wildman–Crippen LogP) is 4.51. The summed E-state index contributed by atoms with van der Waals surface area (Å²) in [5.74, 6) is -2.54. The summed E-state index contributed by atoms with van der Waals surface area (Å²) >= 11 is 0. The van der Waals surface area contributed by atoms with Gasteiger partial charge in [0.2, 0.25) is 5.41 Å². The van der Waals surface area contributed by atoms with Gasteiger partial charge >= 0.3 is 12.4 Å².